The van der Waals surface area contributed by atoms with E-state index in [9.17, 15) is 8.78 Å². The van der Waals surface area contributed by atoms with Crippen molar-refractivity contribution >= 4 is 0 Å². The molecular formula is C14H18F2N2O. The molecule has 1 N–H and O–H groups in total. The van der Waals surface area contributed by atoms with Gasteiger partial charge < -0.3 is 10.1 Å². The molecule has 3 nitrogen and oxygen atoms in total. The molecule has 0 aromatic heterocycles. The topological polar surface area (TPSA) is 45.0 Å². The van der Waals surface area contributed by atoms with Gasteiger partial charge in [0, 0.05) is 18.2 Å². The number of hydrogen-bond donors (Lipinski definition) is 1. The molecule has 0 aliphatic carbocycles. The number of hydrogen-bond acceptors (Lipinski definition) is 3. The molecule has 19 heavy (non-hydrogen) atoms. The normalized spacial score (nSPS) is 13.1. The van der Waals surface area contributed by atoms with Crippen molar-refractivity contribution < 1.29 is 13.5 Å². The molecule has 0 aliphatic heterocycles. The number of nitriles is 1. The molecular weight excluding hydrogens is 250 g/mol. The summed E-state index contributed by atoms with van der Waals surface area (Å²) in [5.74, 6) is 0.160. The van der Waals surface area contributed by atoms with E-state index in [4.69, 9.17) is 5.26 Å². The smallest absolute Gasteiger partial charge is 0.387 e. The van der Waals surface area contributed by atoms with Crippen LogP contribution in [0.15, 0.2) is 24.3 Å². The first-order chi connectivity index (χ1) is 8.85. The molecule has 1 rings (SSSR count). The third-order valence-corrected chi connectivity index (χ3v) is 2.75. The Labute approximate surface area is 112 Å². The van der Waals surface area contributed by atoms with E-state index >= 15 is 0 Å². The first-order valence-corrected chi connectivity index (χ1v) is 6.04. The molecule has 0 saturated heterocycles. The molecule has 1 atom stereocenters. The lowest BCUT2D eigenvalue weighted by Crippen LogP contribution is -2.30. The highest BCUT2D eigenvalue weighted by Crippen LogP contribution is 2.26. The van der Waals surface area contributed by atoms with Gasteiger partial charge in [0.05, 0.1) is 11.5 Å². The fourth-order valence-electron chi connectivity index (χ4n) is 1.60. The summed E-state index contributed by atoms with van der Waals surface area (Å²) in [4.78, 5) is 0. The van der Waals surface area contributed by atoms with Crippen molar-refractivity contribution in [2.24, 2.45) is 5.41 Å². The molecule has 0 amide bonds. The Morgan fingerprint density at radius 3 is 2.58 bits per heavy atom. The maximum Gasteiger partial charge on any atom is 0.387 e. The predicted octanol–water partition coefficient (Wildman–Crippen LogP) is 3.49. The van der Waals surface area contributed by atoms with Crippen LogP contribution in [0.2, 0.25) is 0 Å². The molecule has 1 aromatic carbocycles. The molecule has 104 valence electrons. The van der Waals surface area contributed by atoms with Crippen molar-refractivity contribution in [2.45, 2.75) is 33.4 Å². The molecule has 0 saturated carbocycles. The number of nitrogens with zero attached hydrogens (tertiary/aromatic N) is 1. The van der Waals surface area contributed by atoms with Crippen LogP contribution >= 0.6 is 0 Å². The number of ether oxygens (including phenoxy) is 1. The highest BCUT2D eigenvalue weighted by Gasteiger charge is 2.19. The summed E-state index contributed by atoms with van der Waals surface area (Å²) in [7, 11) is 0. The first kappa shape index (κ1) is 15.4. The zero-order valence-corrected chi connectivity index (χ0v) is 11.3. The van der Waals surface area contributed by atoms with Gasteiger partial charge in [0.15, 0.2) is 0 Å². The van der Waals surface area contributed by atoms with E-state index in [0.717, 1.165) is 0 Å². The van der Waals surface area contributed by atoms with Crippen LogP contribution in [0.1, 0.15) is 32.4 Å². The van der Waals surface area contributed by atoms with Crippen LogP contribution in [0.25, 0.3) is 0 Å². The average molecular weight is 268 g/mol. The van der Waals surface area contributed by atoms with E-state index in [0.29, 0.717) is 12.1 Å². The Hall–Kier alpha value is -1.67. The quantitative estimate of drug-likeness (QED) is 0.859. The SMILES string of the molecule is CC(NCC(C)(C)C#N)c1ccccc1OC(F)F. The lowest BCUT2D eigenvalue weighted by Gasteiger charge is -2.22. The Morgan fingerprint density at radius 1 is 1.37 bits per heavy atom. The molecule has 0 bridgehead atoms. The third kappa shape index (κ3) is 4.84. The van der Waals surface area contributed by atoms with Crippen LogP contribution in [0.4, 0.5) is 8.78 Å². The molecule has 0 fully saturated rings. The zero-order valence-electron chi connectivity index (χ0n) is 11.3. The van der Waals surface area contributed by atoms with E-state index in [2.05, 4.69) is 16.1 Å². The molecule has 0 spiro atoms. The van der Waals surface area contributed by atoms with Crippen molar-refractivity contribution in [1.29, 1.82) is 5.26 Å². The lowest BCUT2D eigenvalue weighted by atomic mass is 9.95. The minimum atomic E-state index is -2.84. The second-order valence-electron chi connectivity index (χ2n) is 5.01. The fraction of sp³-hybridized carbons (Fsp3) is 0.500. The van der Waals surface area contributed by atoms with Gasteiger partial charge in [-0.25, -0.2) is 0 Å². The Morgan fingerprint density at radius 2 is 2.00 bits per heavy atom. The second kappa shape index (κ2) is 6.48. The van der Waals surface area contributed by atoms with Gasteiger partial charge in [-0.05, 0) is 26.8 Å². The number of benzene rings is 1. The molecule has 1 aromatic rings. The maximum atomic E-state index is 12.3. The van der Waals surface area contributed by atoms with Crippen LogP contribution in [0.3, 0.4) is 0 Å². The first-order valence-electron chi connectivity index (χ1n) is 6.04. The highest BCUT2D eigenvalue weighted by atomic mass is 19.3. The Balaban J connectivity index is 2.77. The van der Waals surface area contributed by atoms with E-state index < -0.39 is 12.0 Å². The Bertz CT molecular complexity index is 455. The molecule has 0 radical (unpaired) electrons. The van der Waals surface area contributed by atoms with Crippen molar-refractivity contribution in [2.75, 3.05) is 6.54 Å². The van der Waals surface area contributed by atoms with Crippen LogP contribution in [0.5, 0.6) is 5.75 Å². The minimum absolute atomic E-state index is 0.160. The van der Waals surface area contributed by atoms with Gasteiger partial charge in [0.1, 0.15) is 5.75 Å². The summed E-state index contributed by atoms with van der Waals surface area (Å²) >= 11 is 0. The Kier molecular flexibility index (Phi) is 5.25. The molecule has 0 heterocycles. The number of halogens is 2. The minimum Gasteiger partial charge on any atom is -0.434 e. The monoisotopic (exact) mass is 268 g/mol. The van der Waals surface area contributed by atoms with E-state index in [1.807, 2.05) is 20.8 Å². The summed E-state index contributed by atoms with van der Waals surface area (Å²) in [6.45, 7) is 3.10. The van der Waals surface area contributed by atoms with E-state index in [1.54, 1.807) is 18.2 Å². The van der Waals surface area contributed by atoms with Gasteiger partial charge in [-0.2, -0.15) is 14.0 Å². The number of nitrogens with one attached hydrogen (secondary N) is 1. The molecule has 0 aliphatic rings. The summed E-state index contributed by atoms with van der Waals surface area (Å²) in [5, 5.41) is 12.1. The standard InChI is InChI=1S/C14H18F2N2O/c1-10(18-9-14(2,3)8-17)11-6-4-5-7-12(11)19-13(15)16/h4-7,10,13,18H,9H2,1-3H3. The number of rotatable bonds is 6. The predicted molar refractivity (Wildman–Crippen MR) is 68.9 cm³/mol. The zero-order chi connectivity index (χ0) is 14.5. The average Bonchev–Trinajstić information content (AvgIpc) is 2.36. The van der Waals surface area contributed by atoms with Crippen molar-refractivity contribution in [3.63, 3.8) is 0 Å². The third-order valence-electron chi connectivity index (χ3n) is 2.75. The van der Waals surface area contributed by atoms with Gasteiger partial charge in [-0.1, -0.05) is 18.2 Å². The van der Waals surface area contributed by atoms with Gasteiger partial charge in [-0.15, -0.1) is 0 Å². The van der Waals surface area contributed by atoms with Crippen LogP contribution in [-0.4, -0.2) is 13.2 Å². The van der Waals surface area contributed by atoms with E-state index in [-0.39, 0.29) is 11.8 Å². The highest BCUT2D eigenvalue weighted by molar-refractivity contribution is 5.35. The van der Waals surface area contributed by atoms with E-state index in [1.165, 1.54) is 6.07 Å². The van der Waals surface area contributed by atoms with Crippen molar-refractivity contribution in [3.8, 4) is 11.8 Å². The summed E-state index contributed by atoms with van der Waals surface area (Å²) in [5.41, 5.74) is 0.142. The van der Waals surface area contributed by atoms with Crippen LogP contribution in [0, 0.1) is 16.7 Å². The summed E-state index contributed by atoms with van der Waals surface area (Å²) < 4.78 is 29.1. The van der Waals surface area contributed by atoms with Crippen LogP contribution < -0.4 is 10.1 Å². The second-order valence-corrected chi connectivity index (χ2v) is 5.01. The van der Waals surface area contributed by atoms with Crippen molar-refractivity contribution in [1.82, 2.24) is 5.32 Å². The number of alkyl halides is 2. The lowest BCUT2D eigenvalue weighted by molar-refractivity contribution is -0.0506. The van der Waals surface area contributed by atoms with Gasteiger partial charge in [0.25, 0.3) is 0 Å². The van der Waals surface area contributed by atoms with Crippen molar-refractivity contribution in [3.05, 3.63) is 29.8 Å². The maximum absolute atomic E-state index is 12.3. The number of para-hydroxylation sites is 1. The molecule has 1 unspecified atom stereocenters. The molecule has 5 heteroatoms. The van der Waals surface area contributed by atoms with Gasteiger partial charge in [0.2, 0.25) is 0 Å². The largest absolute Gasteiger partial charge is 0.434 e. The van der Waals surface area contributed by atoms with Gasteiger partial charge in [-0.3, -0.25) is 0 Å². The van der Waals surface area contributed by atoms with Crippen LogP contribution in [-0.2, 0) is 0 Å². The summed E-state index contributed by atoms with van der Waals surface area (Å²) in [6, 6.07) is 8.65. The fourth-order valence-corrected chi connectivity index (χ4v) is 1.60. The summed E-state index contributed by atoms with van der Waals surface area (Å²) in [6.07, 6.45) is 0. The van der Waals surface area contributed by atoms with Gasteiger partial charge >= 0.3 is 6.61 Å².